The van der Waals surface area contributed by atoms with E-state index >= 15 is 0 Å². The van der Waals surface area contributed by atoms with Crippen LogP contribution in [-0.4, -0.2) is 29.0 Å². The molecule has 1 amide bonds. The monoisotopic (exact) mass is 352 g/mol. The van der Waals surface area contributed by atoms with Crippen molar-refractivity contribution in [3.05, 3.63) is 53.2 Å². The third kappa shape index (κ3) is 3.15. The molecule has 3 atom stereocenters. The molecule has 0 radical (unpaired) electrons. The van der Waals surface area contributed by atoms with Crippen LogP contribution < -0.4 is 10.6 Å². The molecule has 1 unspecified atom stereocenters. The van der Waals surface area contributed by atoms with E-state index < -0.39 is 0 Å². The second-order valence-corrected chi connectivity index (χ2v) is 7.42. The fraction of sp³-hybridized carbons (Fsp3) is 0.316. The van der Waals surface area contributed by atoms with Gasteiger partial charge < -0.3 is 10.6 Å². The molecule has 6 heteroatoms. The van der Waals surface area contributed by atoms with Crippen molar-refractivity contribution in [2.75, 3.05) is 18.4 Å². The van der Waals surface area contributed by atoms with Crippen molar-refractivity contribution in [1.82, 2.24) is 15.3 Å². The van der Waals surface area contributed by atoms with Crippen molar-refractivity contribution in [3.8, 4) is 0 Å². The summed E-state index contributed by atoms with van der Waals surface area (Å²) in [5, 5.41) is 11.7. The van der Waals surface area contributed by atoms with Crippen molar-refractivity contribution >= 4 is 33.7 Å². The number of rotatable bonds is 3. The van der Waals surface area contributed by atoms with Gasteiger partial charge in [-0.25, -0.2) is 4.98 Å². The summed E-state index contributed by atoms with van der Waals surface area (Å²) in [6.45, 7) is 3.73. The smallest absolute Gasteiger partial charge is 0.229 e. The summed E-state index contributed by atoms with van der Waals surface area (Å²) in [4.78, 5) is 21.5. The van der Waals surface area contributed by atoms with Gasteiger partial charge in [0.1, 0.15) is 0 Å². The van der Waals surface area contributed by atoms with Gasteiger partial charge in [-0.1, -0.05) is 19.1 Å². The molecular weight excluding hydrogens is 332 g/mol. The van der Waals surface area contributed by atoms with Gasteiger partial charge in [0.2, 0.25) is 5.91 Å². The number of hydrogen-bond donors (Lipinski definition) is 2. The molecule has 0 saturated carbocycles. The molecule has 0 bridgehead atoms. The minimum atomic E-state index is -0.0836. The van der Waals surface area contributed by atoms with Crippen molar-refractivity contribution < 1.29 is 4.79 Å². The van der Waals surface area contributed by atoms with Crippen LogP contribution in [0.5, 0.6) is 0 Å². The molecule has 128 valence electrons. The summed E-state index contributed by atoms with van der Waals surface area (Å²) >= 11 is 1.66. The number of aromatic nitrogens is 2. The van der Waals surface area contributed by atoms with Gasteiger partial charge in [0.15, 0.2) is 0 Å². The predicted octanol–water partition coefficient (Wildman–Crippen LogP) is 3.27. The SMILES string of the molecule is CC1[C@@H](C(=O)Nc2cccc3cnccc23)CNC[C@@H]1c1nccs1. The Morgan fingerprint density at radius 1 is 1.28 bits per heavy atom. The van der Waals surface area contributed by atoms with Crippen molar-refractivity contribution in [1.29, 1.82) is 0 Å². The van der Waals surface area contributed by atoms with E-state index in [1.54, 1.807) is 17.5 Å². The maximum absolute atomic E-state index is 13.0. The van der Waals surface area contributed by atoms with Crippen molar-refractivity contribution in [3.63, 3.8) is 0 Å². The average molecular weight is 352 g/mol. The lowest BCUT2D eigenvalue weighted by Crippen LogP contribution is -2.46. The van der Waals surface area contributed by atoms with Crippen LogP contribution in [-0.2, 0) is 4.79 Å². The van der Waals surface area contributed by atoms with E-state index in [4.69, 9.17) is 0 Å². The van der Waals surface area contributed by atoms with Gasteiger partial charge >= 0.3 is 0 Å². The van der Waals surface area contributed by atoms with E-state index in [1.165, 1.54) is 0 Å². The van der Waals surface area contributed by atoms with Crippen LogP contribution in [0.2, 0.25) is 0 Å². The van der Waals surface area contributed by atoms with Crippen LogP contribution >= 0.6 is 11.3 Å². The quantitative estimate of drug-likeness (QED) is 0.759. The molecule has 1 aromatic carbocycles. The maximum atomic E-state index is 13.0. The fourth-order valence-electron chi connectivity index (χ4n) is 3.56. The second kappa shape index (κ2) is 6.90. The number of benzene rings is 1. The lowest BCUT2D eigenvalue weighted by atomic mass is 9.79. The summed E-state index contributed by atoms with van der Waals surface area (Å²) < 4.78 is 0. The van der Waals surface area contributed by atoms with Gasteiger partial charge in [-0.05, 0) is 18.1 Å². The number of nitrogens with one attached hydrogen (secondary N) is 2. The Morgan fingerprint density at radius 2 is 2.20 bits per heavy atom. The Bertz CT molecular complexity index is 875. The summed E-state index contributed by atoms with van der Waals surface area (Å²) in [6.07, 6.45) is 5.40. The minimum absolute atomic E-state index is 0.0607. The van der Waals surface area contributed by atoms with Gasteiger partial charge in [0.05, 0.1) is 10.9 Å². The molecule has 1 saturated heterocycles. The van der Waals surface area contributed by atoms with E-state index in [2.05, 4.69) is 27.5 Å². The molecule has 3 heterocycles. The molecule has 4 rings (SSSR count). The van der Waals surface area contributed by atoms with Gasteiger partial charge in [-0.2, -0.15) is 0 Å². The van der Waals surface area contributed by atoms with Crippen molar-refractivity contribution in [2.24, 2.45) is 11.8 Å². The summed E-state index contributed by atoms with van der Waals surface area (Å²) in [5.41, 5.74) is 0.841. The van der Waals surface area contributed by atoms with Crippen LogP contribution in [0.4, 0.5) is 5.69 Å². The highest BCUT2D eigenvalue weighted by Crippen LogP contribution is 2.34. The number of hydrogen-bond acceptors (Lipinski definition) is 5. The molecule has 0 spiro atoms. The molecule has 3 aromatic rings. The van der Waals surface area contributed by atoms with E-state index in [9.17, 15) is 4.79 Å². The molecular formula is C19H20N4OS. The Hall–Kier alpha value is -2.31. The van der Waals surface area contributed by atoms with Crippen LogP contribution in [0.3, 0.4) is 0 Å². The zero-order valence-corrected chi connectivity index (χ0v) is 14.8. The lowest BCUT2D eigenvalue weighted by molar-refractivity contribution is -0.122. The number of carbonyl (C=O) groups is 1. The first kappa shape index (κ1) is 16.2. The van der Waals surface area contributed by atoms with Gasteiger partial charge in [-0.3, -0.25) is 9.78 Å². The van der Waals surface area contributed by atoms with Crippen LogP contribution in [0.1, 0.15) is 17.8 Å². The van der Waals surface area contributed by atoms with Crippen LogP contribution in [0.25, 0.3) is 10.8 Å². The van der Waals surface area contributed by atoms with E-state index in [1.807, 2.05) is 42.0 Å². The minimum Gasteiger partial charge on any atom is -0.325 e. The summed E-state index contributed by atoms with van der Waals surface area (Å²) in [6, 6.07) is 7.83. The van der Waals surface area contributed by atoms with E-state index in [0.29, 0.717) is 6.54 Å². The highest BCUT2D eigenvalue weighted by molar-refractivity contribution is 7.09. The molecule has 2 N–H and O–H groups in total. The number of anilines is 1. The first-order chi connectivity index (χ1) is 12.2. The van der Waals surface area contributed by atoms with E-state index in [0.717, 1.165) is 28.0 Å². The lowest BCUT2D eigenvalue weighted by Gasteiger charge is -2.34. The highest BCUT2D eigenvalue weighted by Gasteiger charge is 2.36. The number of thiazole rings is 1. The Balaban J connectivity index is 1.56. The molecule has 2 aromatic heterocycles. The first-order valence-corrected chi connectivity index (χ1v) is 9.35. The number of fused-ring (bicyclic) bond motifs is 1. The largest absolute Gasteiger partial charge is 0.325 e. The standard InChI is InChI=1S/C19H20N4OS/c1-12-15(10-21-11-16(12)19-22-7-8-25-19)18(24)23-17-4-2-3-13-9-20-6-5-14(13)17/h2-9,12,15-16,21H,10-11H2,1H3,(H,23,24)/t12?,15-,16-/m0/s1. The zero-order chi connectivity index (χ0) is 17.2. The number of nitrogens with zero attached hydrogens (tertiary/aromatic N) is 2. The summed E-state index contributed by atoms with van der Waals surface area (Å²) in [7, 11) is 0. The van der Waals surface area contributed by atoms with Gasteiger partial charge in [0.25, 0.3) is 0 Å². The number of piperidine rings is 1. The molecule has 1 aliphatic heterocycles. The zero-order valence-electron chi connectivity index (χ0n) is 14.0. The Kier molecular flexibility index (Phi) is 4.46. The highest BCUT2D eigenvalue weighted by atomic mass is 32.1. The first-order valence-electron chi connectivity index (χ1n) is 8.48. The molecule has 5 nitrogen and oxygen atoms in total. The molecule has 1 aliphatic rings. The maximum Gasteiger partial charge on any atom is 0.229 e. The average Bonchev–Trinajstić information content (AvgIpc) is 3.16. The van der Waals surface area contributed by atoms with Crippen LogP contribution in [0.15, 0.2) is 48.2 Å². The second-order valence-electron chi connectivity index (χ2n) is 6.49. The number of pyridine rings is 1. The van der Waals surface area contributed by atoms with Crippen LogP contribution in [0, 0.1) is 11.8 Å². The summed E-state index contributed by atoms with van der Waals surface area (Å²) in [5.74, 6) is 0.496. The molecule has 0 aliphatic carbocycles. The number of amides is 1. The Morgan fingerprint density at radius 3 is 3.04 bits per heavy atom. The third-order valence-corrected chi connectivity index (χ3v) is 5.95. The molecule has 25 heavy (non-hydrogen) atoms. The molecule has 1 fully saturated rings. The fourth-order valence-corrected chi connectivity index (χ4v) is 4.42. The topological polar surface area (TPSA) is 66.9 Å². The van der Waals surface area contributed by atoms with Gasteiger partial charge in [-0.15, -0.1) is 11.3 Å². The normalized spacial score (nSPS) is 23.5. The third-order valence-electron chi connectivity index (χ3n) is 5.04. The predicted molar refractivity (Wildman–Crippen MR) is 101 cm³/mol. The Labute approximate surface area is 150 Å². The van der Waals surface area contributed by atoms with Gasteiger partial charge in [0, 0.05) is 59.4 Å². The van der Waals surface area contributed by atoms with Crippen molar-refractivity contribution in [2.45, 2.75) is 12.8 Å². The van der Waals surface area contributed by atoms with E-state index in [-0.39, 0.29) is 23.7 Å². The number of carbonyl (C=O) groups excluding carboxylic acids is 1.